The number of aromatic nitrogens is 1. The van der Waals surface area contributed by atoms with Crippen LogP contribution in [0.15, 0.2) is 6.20 Å². The highest BCUT2D eigenvalue weighted by Gasteiger charge is 2.04. The lowest BCUT2D eigenvalue weighted by Crippen LogP contribution is -2.36. The number of hydrogen-bond acceptors (Lipinski definition) is 5. The first kappa shape index (κ1) is 13.4. The number of aliphatic carboxylic acids is 1. The van der Waals surface area contributed by atoms with E-state index in [-0.39, 0.29) is 6.54 Å². The molecule has 0 fully saturated rings. The number of rotatable bonds is 6. The van der Waals surface area contributed by atoms with Gasteiger partial charge in [0.25, 0.3) is 0 Å². The van der Waals surface area contributed by atoms with E-state index >= 15 is 0 Å². The fourth-order valence-corrected chi connectivity index (χ4v) is 1.75. The van der Waals surface area contributed by atoms with E-state index in [4.69, 9.17) is 5.11 Å². The van der Waals surface area contributed by atoms with Gasteiger partial charge in [-0.05, 0) is 6.42 Å². The number of hydrogen-bond donors (Lipinski definition) is 3. The van der Waals surface area contributed by atoms with Gasteiger partial charge in [0.05, 0.1) is 6.54 Å². The second-order valence-corrected chi connectivity index (χ2v) is 4.24. The number of thiazole rings is 1. The number of carboxylic acids is 1. The maximum absolute atomic E-state index is 11.1. The van der Waals surface area contributed by atoms with Crippen molar-refractivity contribution in [2.24, 2.45) is 0 Å². The molecular formula is C9H13N3O4S. The molecule has 0 aliphatic carbocycles. The summed E-state index contributed by atoms with van der Waals surface area (Å²) in [5.41, 5.74) is 1.95. The summed E-state index contributed by atoms with van der Waals surface area (Å²) >= 11 is 1.52. The molecular weight excluding hydrogens is 246 g/mol. The van der Waals surface area contributed by atoms with Crippen LogP contribution < -0.4 is 10.8 Å². The molecule has 1 aromatic rings. The molecule has 1 aromatic heterocycles. The Kier molecular flexibility index (Phi) is 5.37. The Hall–Kier alpha value is -1.67. The van der Waals surface area contributed by atoms with Crippen molar-refractivity contribution < 1.29 is 19.5 Å². The second kappa shape index (κ2) is 6.81. The zero-order valence-electron chi connectivity index (χ0n) is 9.23. The average Bonchev–Trinajstić information content (AvgIpc) is 2.73. The monoisotopic (exact) mass is 259 g/mol. The summed E-state index contributed by atoms with van der Waals surface area (Å²) in [4.78, 5) is 30.8. The molecule has 3 N–H and O–H groups in total. The van der Waals surface area contributed by atoms with E-state index in [1.54, 1.807) is 6.20 Å². The third-order valence-electron chi connectivity index (χ3n) is 1.71. The fraction of sp³-hybridized carbons (Fsp3) is 0.444. The van der Waals surface area contributed by atoms with Crippen LogP contribution in [0.5, 0.6) is 0 Å². The van der Waals surface area contributed by atoms with Crippen molar-refractivity contribution in [3.8, 4) is 0 Å². The Bertz CT molecular complexity index is 393. The Balaban J connectivity index is 2.21. The van der Waals surface area contributed by atoms with Crippen molar-refractivity contribution in [3.05, 3.63) is 16.1 Å². The zero-order valence-corrected chi connectivity index (χ0v) is 10.0. The summed E-state index contributed by atoms with van der Waals surface area (Å²) in [5.74, 6) is -1.15. The highest BCUT2D eigenvalue weighted by molar-refractivity contribution is 7.11. The number of nitrogens with one attached hydrogen (secondary N) is 2. The minimum Gasteiger partial charge on any atom is -0.479 e. The van der Waals surface area contributed by atoms with Crippen LogP contribution in [0.1, 0.15) is 16.8 Å². The van der Waals surface area contributed by atoms with Crippen molar-refractivity contribution in [1.29, 1.82) is 0 Å². The predicted molar refractivity (Wildman–Crippen MR) is 60.5 cm³/mol. The van der Waals surface area contributed by atoms with E-state index in [1.165, 1.54) is 11.3 Å². The molecule has 0 aromatic carbocycles. The molecule has 0 radical (unpaired) electrons. The van der Waals surface area contributed by atoms with Crippen molar-refractivity contribution in [2.45, 2.75) is 19.9 Å². The van der Waals surface area contributed by atoms with Gasteiger partial charge in [0.15, 0.2) is 6.61 Å². The maximum Gasteiger partial charge on any atom is 0.339 e. The smallest absolute Gasteiger partial charge is 0.339 e. The molecule has 0 aliphatic rings. The summed E-state index contributed by atoms with van der Waals surface area (Å²) in [6, 6.07) is -0.598. The lowest BCUT2D eigenvalue weighted by atomic mass is 10.4. The molecule has 1 heterocycles. The minimum atomic E-state index is -1.15. The van der Waals surface area contributed by atoms with Crippen LogP contribution in [0, 0.1) is 0 Å². The standard InChI is InChI=1S/C9H13N3O4S/c1-2-6-3-10-7(17-6)4-11-9(15)12-16-5-8(13)14/h3H,2,4-5H2,1H3,(H,13,14)(H2,11,12,15). The number of carboxylic acid groups (broad SMARTS) is 1. The zero-order chi connectivity index (χ0) is 12.7. The molecule has 7 nitrogen and oxygen atoms in total. The van der Waals surface area contributed by atoms with E-state index in [2.05, 4.69) is 15.1 Å². The number of urea groups is 1. The van der Waals surface area contributed by atoms with Crippen LogP contribution in [0.2, 0.25) is 0 Å². The predicted octanol–water partition coefficient (Wildman–Crippen LogP) is 0.521. The van der Waals surface area contributed by atoms with Crippen LogP contribution in [0.4, 0.5) is 4.79 Å². The molecule has 17 heavy (non-hydrogen) atoms. The molecule has 0 atom stereocenters. The first-order valence-electron chi connectivity index (χ1n) is 4.92. The van der Waals surface area contributed by atoms with Crippen molar-refractivity contribution in [3.63, 3.8) is 0 Å². The average molecular weight is 259 g/mol. The van der Waals surface area contributed by atoms with Gasteiger partial charge in [0.1, 0.15) is 5.01 Å². The molecule has 0 saturated carbocycles. The van der Waals surface area contributed by atoms with E-state index < -0.39 is 18.6 Å². The van der Waals surface area contributed by atoms with Gasteiger partial charge in [0, 0.05) is 11.1 Å². The first-order chi connectivity index (χ1) is 8.11. The van der Waals surface area contributed by atoms with Gasteiger partial charge >= 0.3 is 12.0 Å². The normalized spacial score (nSPS) is 9.94. The summed E-state index contributed by atoms with van der Waals surface area (Å²) in [7, 11) is 0. The number of amides is 2. The van der Waals surface area contributed by atoms with Crippen molar-refractivity contribution in [1.82, 2.24) is 15.8 Å². The van der Waals surface area contributed by atoms with Gasteiger partial charge in [-0.2, -0.15) is 0 Å². The fourth-order valence-electron chi connectivity index (χ4n) is 0.949. The van der Waals surface area contributed by atoms with Gasteiger partial charge in [-0.3, -0.25) is 4.84 Å². The highest BCUT2D eigenvalue weighted by atomic mass is 32.1. The molecule has 0 spiro atoms. The van der Waals surface area contributed by atoms with Crippen LogP contribution >= 0.6 is 11.3 Å². The largest absolute Gasteiger partial charge is 0.479 e. The van der Waals surface area contributed by atoms with E-state index in [0.717, 1.165) is 16.3 Å². The molecule has 94 valence electrons. The molecule has 2 amide bonds. The topological polar surface area (TPSA) is 101 Å². The molecule has 0 saturated heterocycles. The summed E-state index contributed by atoms with van der Waals surface area (Å²) in [5, 5.41) is 11.5. The van der Waals surface area contributed by atoms with Gasteiger partial charge in [-0.25, -0.2) is 20.1 Å². The Labute approximate surface area is 102 Å². The lowest BCUT2D eigenvalue weighted by Gasteiger charge is -2.04. The maximum atomic E-state index is 11.1. The van der Waals surface area contributed by atoms with Crippen LogP contribution in [-0.4, -0.2) is 28.7 Å². The summed E-state index contributed by atoms with van der Waals surface area (Å²) in [6.45, 7) is 1.73. The summed E-state index contributed by atoms with van der Waals surface area (Å²) < 4.78 is 0. The van der Waals surface area contributed by atoms with Crippen molar-refractivity contribution in [2.75, 3.05) is 6.61 Å². The molecule has 8 heteroatoms. The second-order valence-electron chi connectivity index (χ2n) is 3.04. The van der Waals surface area contributed by atoms with Gasteiger partial charge in [-0.1, -0.05) is 6.92 Å². The van der Waals surface area contributed by atoms with Gasteiger partial charge in [-0.15, -0.1) is 11.3 Å². The SMILES string of the molecule is CCc1cnc(CNC(=O)NOCC(=O)O)s1. The number of nitrogens with zero attached hydrogens (tertiary/aromatic N) is 1. The summed E-state index contributed by atoms with van der Waals surface area (Å²) in [6.07, 6.45) is 2.67. The van der Waals surface area contributed by atoms with Gasteiger partial charge in [0.2, 0.25) is 0 Å². The van der Waals surface area contributed by atoms with E-state index in [0.29, 0.717) is 0 Å². The third kappa shape index (κ3) is 5.27. The molecule has 1 rings (SSSR count). The Morgan fingerprint density at radius 2 is 2.35 bits per heavy atom. The first-order valence-corrected chi connectivity index (χ1v) is 5.74. The van der Waals surface area contributed by atoms with E-state index in [1.807, 2.05) is 12.4 Å². The highest BCUT2D eigenvalue weighted by Crippen LogP contribution is 2.12. The van der Waals surface area contributed by atoms with Crippen molar-refractivity contribution >= 4 is 23.3 Å². The molecule has 0 aliphatic heterocycles. The number of hydroxylamine groups is 1. The minimum absolute atomic E-state index is 0.285. The van der Waals surface area contributed by atoms with Crippen LogP contribution in [0.3, 0.4) is 0 Å². The lowest BCUT2D eigenvalue weighted by molar-refractivity contribution is -0.144. The van der Waals surface area contributed by atoms with Crippen LogP contribution in [-0.2, 0) is 22.6 Å². The quantitative estimate of drug-likeness (QED) is 0.647. The number of aryl methyl sites for hydroxylation is 1. The number of carbonyl (C=O) groups excluding carboxylic acids is 1. The number of carbonyl (C=O) groups is 2. The molecule has 0 unspecified atom stereocenters. The van der Waals surface area contributed by atoms with Gasteiger partial charge < -0.3 is 10.4 Å². The molecule has 0 bridgehead atoms. The van der Waals surface area contributed by atoms with Crippen LogP contribution in [0.25, 0.3) is 0 Å². The Morgan fingerprint density at radius 3 is 2.94 bits per heavy atom. The van der Waals surface area contributed by atoms with E-state index in [9.17, 15) is 9.59 Å². The Morgan fingerprint density at radius 1 is 1.59 bits per heavy atom. The third-order valence-corrected chi connectivity index (χ3v) is 2.85.